The third-order valence-electron chi connectivity index (χ3n) is 3.76. The van der Waals surface area contributed by atoms with Crippen LogP contribution in [0.15, 0.2) is 53.8 Å². The fraction of sp³-hybridized carbons (Fsp3) is 0.353. The number of ether oxygens (including phenoxy) is 1. The number of hydrogen-bond donors (Lipinski definition) is 2. The average molecular weight is 298 g/mol. The summed E-state index contributed by atoms with van der Waals surface area (Å²) in [6.45, 7) is 2.50. The van der Waals surface area contributed by atoms with Crippen LogP contribution < -0.4 is 15.4 Å². The van der Waals surface area contributed by atoms with Crippen molar-refractivity contribution in [2.24, 2.45) is 4.99 Å². The van der Waals surface area contributed by atoms with E-state index in [-0.39, 0.29) is 6.10 Å². The molecule has 0 saturated carbocycles. The van der Waals surface area contributed by atoms with Gasteiger partial charge in [0.1, 0.15) is 11.9 Å². The van der Waals surface area contributed by atoms with Crippen molar-refractivity contribution in [1.82, 2.24) is 15.2 Å². The first-order valence-corrected chi connectivity index (χ1v) is 7.65. The minimum atomic E-state index is 0.167. The van der Waals surface area contributed by atoms with Gasteiger partial charge < -0.3 is 19.9 Å². The number of aliphatic imine (C=N–C) groups is 1. The maximum atomic E-state index is 5.92. The van der Waals surface area contributed by atoms with Crippen molar-refractivity contribution in [2.45, 2.75) is 19.1 Å². The lowest BCUT2D eigenvalue weighted by atomic mass is 10.1. The highest BCUT2D eigenvalue weighted by Gasteiger charge is 2.22. The summed E-state index contributed by atoms with van der Waals surface area (Å²) < 4.78 is 8.05. The van der Waals surface area contributed by atoms with Gasteiger partial charge in [0.05, 0.1) is 6.54 Å². The van der Waals surface area contributed by atoms with Crippen LogP contribution in [0.3, 0.4) is 0 Å². The SMILES string of the molecule is CN=C(NCCn1cccc1)NCC1Cc2ccccc2O1. The second-order valence-electron chi connectivity index (χ2n) is 5.35. The molecule has 0 bridgehead atoms. The Morgan fingerprint density at radius 1 is 1.23 bits per heavy atom. The number of hydrogen-bond acceptors (Lipinski definition) is 2. The molecule has 0 amide bonds. The molecule has 1 aliphatic heterocycles. The number of nitrogens with zero attached hydrogens (tertiary/aromatic N) is 2. The number of nitrogens with one attached hydrogen (secondary N) is 2. The van der Waals surface area contributed by atoms with Gasteiger partial charge in [0.15, 0.2) is 5.96 Å². The van der Waals surface area contributed by atoms with E-state index in [0.717, 1.165) is 37.8 Å². The standard InChI is InChI=1S/C17H22N4O/c1-18-17(19-8-11-21-9-4-5-10-21)20-13-15-12-14-6-2-3-7-16(14)22-15/h2-7,9-10,15H,8,11-13H2,1H3,(H2,18,19,20). The predicted octanol–water partition coefficient (Wildman–Crippen LogP) is 1.66. The number of aromatic nitrogens is 1. The van der Waals surface area contributed by atoms with E-state index in [2.05, 4.69) is 44.7 Å². The van der Waals surface area contributed by atoms with E-state index < -0.39 is 0 Å². The molecule has 5 heteroatoms. The molecule has 0 aliphatic carbocycles. The molecule has 5 nitrogen and oxygen atoms in total. The van der Waals surface area contributed by atoms with Gasteiger partial charge in [0.25, 0.3) is 0 Å². The highest BCUT2D eigenvalue weighted by atomic mass is 16.5. The van der Waals surface area contributed by atoms with Crippen LogP contribution in [-0.2, 0) is 13.0 Å². The predicted molar refractivity (Wildman–Crippen MR) is 88.4 cm³/mol. The van der Waals surface area contributed by atoms with Crippen LogP contribution >= 0.6 is 0 Å². The maximum absolute atomic E-state index is 5.92. The molecule has 0 radical (unpaired) electrons. The van der Waals surface area contributed by atoms with Crippen LogP contribution in [0.1, 0.15) is 5.56 Å². The highest BCUT2D eigenvalue weighted by Crippen LogP contribution is 2.27. The van der Waals surface area contributed by atoms with Gasteiger partial charge in [-0.3, -0.25) is 4.99 Å². The fourth-order valence-electron chi connectivity index (χ4n) is 2.62. The first kappa shape index (κ1) is 14.5. The third-order valence-corrected chi connectivity index (χ3v) is 3.76. The van der Waals surface area contributed by atoms with Crippen LogP contribution in [0, 0.1) is 0 Å². The molecule has 2 N–H and O–H groups in total. The van der Waals surface area contributed by atoms with E-state index in [1.54, 1.807) is 7.05 Å². The quantitative estimate of drug-likeness (QED) is 0.652. The van der Waals surface area contributed by atoms with Gasteiger partial charge in [0.2, 0.25) is 0 Å². The minimum Gasteiger partial charge on any atom is -0.488 e. The van der Waals surface area contributed by atoms with Gasteiger partial charge in [0, 0.05) is 39.0 Å². The third kappa shape index (κ3) is 3.61. The molecular weight excluding hydrogens is 276 g/mol. The molecule has 2 heterocycles. The van der Waals surface area contributed by atoms with Gasteiger partial charge in [-0.25, -0.2) is 0 Å². The maximum Gasteiger partial charge on any atom is 0.191 e. The molecule has 1 unspecified atom stereocenters. The Kier molecular flexibility index (Phi) is 4.63. The number of rotatable bonds is 5. The second kappa shape index (κ2) is 7.02. The molecule has 0 saturated heterocycles. The Morgan fingerprint density at radius 2 is 2.05 bits per heavy atom. The summed E-state index contributed by atoms with van der Waals surface area (Å²) >= 11 is 0. The molecule has 116 valence electrons. The van der Waals surface area contributed by atoms with Gasteiger partial charge in [-0.1, -0.05) is 18.2 Å². The second-order valence-corrected chi connectivity index (χ2v) is 5.35. The number of guanidine groups is 1. The van der Waals surface area contributed by atoms with Gasteiger partial charge in [-0.05, 0) is 23.8 Å². The first-order chi connectivity index (χ1) is 10.8. The van der Waals surface area contributed by atoms with Crippen LogP contribution in [0.5, 0.6) is 5.75 Å². The lowest BCUT2D eigenvalue weighted by Crippen LogP contribution is -2.43. The van der Waals surface area contributed by atoms with Crippen LogP contribution in [0.25, 0.3) is 0 Å². The zero-order chi connectivity index (χ0) is 15.2. The zero-order valence-corrected chi connectivity index (χ0v) is 12.8. The Bertz CT molecular complexity index is 596. The minimum absolute atomic E-state index is 0.167. The average Bonchev–Trinajstić information content (AvgIpc) is 3.19. The summed E-state index contributed by atoms with van der Waals surface area (Å²) in [5.41, 5.74) is 1.28. The molecule has 0 fully saturated rings. The number of benzene rings is 1. The lowest BCUT2D eigenvalue weighted by Gasteiger charge is -2.15. The highest BCUT2D eigenvalue weighted by molar-refractivity contribution is 5.79. The molecule has 1 aliphatic rings. The Hall–Kier alpha value is -2.43. The fourth-order valence-corrected chi connectivity index (χ4v) is 2.62. The summed E-state index contributed by atoms with van der Waals surface area (Å²) in [6.07, 6.45) is 5.23. The van der Waals surface area contributed by atoms with E-state index in [1.807, 2.05) is 24.3 Å². The van der Waals surface area contributed by atoms with Crippen molar-refractivity contribution >= 4 is 5.96 Å². The van der Waals surface area contributed by atoms with Gasteiger partial charge in [-0.15, -0.1) is 0 Å². The summed E-state index contributed by atoms with van der Waals surface area (Å²) in [5, 5.41) is 6.65. The molecule has 3 rings (SSSR count). The summed E-state index contributed by atoms with van der Waals surface area (Å²) in [6, 6.07) is 12.3. The molecule has 22 heavy (non-hydrogen) atoms. The van der Waals surface area contributed by atoms with Crippen molar-refractivity contribution in [3.05, 3.63) is 54.4 Å². The van der Waals surface area contributed by atoms with E-state index in [1.165, 1.54) is 5.56 Å². The van der Waals surface area contributed by atoms with Crippen molar-refractivity contribution in [1.29, 1.82) is 0 Å². The van der Waals surface area contributed by atoms with Crippen molar-refractivity contribution in [2.75, 3.05) is 20.1 Å². The largest absolute Gasteiger partial charge is 0.488 e. The summed E-state index contributed by atoms with van der Waals surface area (Å²) in [4.78, 5) is 4.25. The Balaban J connectivity index is 1.40. The summed E-state index contributed by atoms with van der Waals surface area (Å²) in [7, 11) is 1.79. The van der Waals surface area contributed by atoms with E-state index in [9.17, 15) is 0 Å². The van der Waals surface area contributed by atoms with Crippen LogP contribution in [0.2, 0.25) is 0 Å². The first-order valence-electron chi connectivity index (χ1n) is 7.65. The molecule has 0 spiro atoms. The summed E-state index contributed by atoms with van der Waals surface area (Å²) in [5.74, 6) is 1.82. The van der Waals surface area contributed by atoms with Crippen molar-refractivity contribution in [3.63, 3.8) is 0 Å². The Morgan fingerprint density at radius 3 is 2.82 bits per heavy atom. The number of para-hydroxylation sites is 1. The monoisotopic (exact) mass is 298 g/mol. The lowest BCUT2D eigenvalue weighted by molar-refractivity contribution is 0.235. The normalized spacial score (nSPS) is 17.0. The van der Waals surface area contributed by atoms with Crippen LogP contribution in [-0.4, -0.2) is 36.8 Å². The number of fused-ring (bicyclic) bond motifs is 1. The van der Waals surface area contributed by atoms with E-state index in [0.29, 0.717) is 0 Å². The molecule has 1 atom stereocenters. The topological polar surface area (TPSA) is 50.6 Å². The van der Waals surface area contributed by atoms with Crippen LogP contribution in [0.4, 0.5) is 0 Å². The Labute approximate surface area is 131 Å². The molecule has 2 aromatic rings. The zero-order valence-electron chi connectivity index (χ0n) is 12.8. The van der Waals surface area contributed by atoms with Crippen molar-refractivity contribution in [3.8, 4) is 5.75 Å². The smallest absolute Gasteiger partial charge is 0.191 e. The molecule has 1 aromatic carbocycles. The van der Waals surface area contributed by atoms with E-state index in [4.69, 9.17) is 4.74 Å². The van der Waals surface area contributed by atoms with Gasteiger partial charge in [-0.2, -0.15) is 0 Å². The molecule has 1 aromatic heterocycles. The van der Waals surface area contributed by atoms with Crippen molar-refractivity contribution < 1.29 is 4.74 Å². The molecular formula is C17H22N4O. The van der Waals surface area contributed by atoms with E-state index >= 15 is 0 Å². The van der Waals surface area contributed by atoms with Gasteiger partial charge >= 0.3 is 0 Å².